The summed E-state index contributed by atoms with van der Waals surface area (Å²) >= 11 is 0. The predicted octanol–water partition coefficient (Wildman–Crippen LogP) is 4.31. The van der Waals surface area contributed by atoms with Crippen LogP contribution >= 0.6 is 0 Å². The maximum absolute atomic E-state index is 5.74. The molecule has 3 rings (SSSR count). The predicted molar refractivity (Wildman–Crippen MR) is 132 cm³/mol. The fraction of sp³-hybridized carbons (Fsp3) is 0.520. The molecule has 0 bridgehead atoms. The molecule has 1 heterocycles. The average Bonchev–Trinajstić information content (AvgIpc) is 3.60. The van der Waals surface area contributed by atoms with Crippen LogP contribution in [-0.2, 0) is 11.3 Å². The molecule has 1 aromatic heterocycles. The first-order valence-electron chi connectivity index (χ1n) is 11.5. The smallest absolute Gasteiger partial charge is 0.196 e. The first kappa shape index (κ1) is 23.9. The number of aliphatic imine (C=N–C) groups is 1. The highest BCUT2D eigenvalue weighted by molar-refractivity contribution is 5.93. The van der Waals surface area contributed by atoms with Crippen LogP contribution in [0.4, 0.5) is 11.5 Å². The second-order valence-corrected chi connectivity index (χ2v) is 8.70. The van der Waals surface area contributed by atoms with Crippen molar-refractivity contribution < 1.29 is 9.47 Å². The Morgan fingerprint density at radius 3 is 2.66 bits per heavy atom. The zero-order valence-electron chi connectivity index (χ0n) is 19.8. The van der Waals surface area contributed by atoms with Crippen molar-refractivity contribution in [3.05, 3.63) is 48.2 Å². The van der Waals surface area contributed by atoms with Gasteiger partial charge < -0.3 is 25.0 Å². The second kappa shape index (κ2) is 12.3. The minimum Gasteiger partial charge on any atom is -0.491 e. The van der Waals surface area contributed by atoms with Crippen molar-refractivity contribution in [1.29, 1.82) is 0 Å². The van der Waals surface area contributed by atoms with E-state index in [1.54, 1.807) is 0 Å². The minimum absolute atomic E-state index is 0.155. The van der Waals surface area contributed by atoms with Crippen LogP contribution in [0.25, 0.3) is 0 Å². The summed E-state index contributed by atoms with van der Waals surface area (Å²) in [6.45, 7) is 7.08. The van der Waals surface area contributed by atoms with Gasteiger partial charge in [-0.3, -0.25) is 0 Å². The van der Waals surface area contributed by atoms with Crippen molar-refractivity contribution in [2.45, 2.75) is 45.8 Å². The van der Waals surface area contributed by atoms with Crippen LogP contribution < -0.4 is 20.3 Å². The van der Waals surface area contributed by atoms with Crippen molar-refractivity contribution in [2.75, 3.05) is 44.1 Å². The molecule has 0 radical (unpaired) electrons. The number of nitrogens with one attached hydrogen (secondary N) is 2. The van der Waals surface area contributed by atoms with Crippen molar-refractivity contribution >= 4 is 17.5 Å². The number of ether oxygens (including phenoxy) is 2. The molecule has 0 unspecified atom stereocenters. The van der Waals surface area contributed by atoms with Crippen LogP contribution in [0, 0.1) is 5.92 Å². The highest BCUT2D eigenvalue weighted by Crippen LogP contribution is 2.28. The molecule has 0 saturated heterocycles. The Morgan fingerprint density at radius 1 is 1.19 bits per heavy atom. The summed E-state index contributed by atoms with van der Waals surface area (Å²) in [7, 11) is 3.98. The van der Waals surface area contributed by atoms with Gasteiger partial charge in [-0.05, 0) is 81.0 Å². The third kappa shape index (κ3) is 8.75. The van der Waals surface area contributed by atoms with Crippen LogP contribution in [0.3, 0.4) is 0 Å². The van der Waals surface area contributed by atoms with Crippen molar-refractivity contribution in [3.63, 3.8) is 0 Å². The Bertz CT molecular complexity index is 848. The maximum Gasteiger partial charge on any atom is 0.196 e. The summed E-state index contributed by atoms with van der Waals surface area (Å²) < 4.78 is 11.5. The van der Waals surface area contributed by atoms with E-state index in [1.807, 2.05) is 69.4 Å². The van der Waals surface area contributed by atoms with Crippen LogP contribution in [0.5, 0.6) is 5.75 Å². The molecule has 1 fully saturated rings. The number of guanidine groups is 1. The van der Waals surface area contributed by atoms with E-state index in [9.17, 15) is 0 Å². The van der Waals surface area contributed by atoms with Gasteiger partial charge in [0.15, 0.2) is 5.96 Å². The highest BCUT2D eigenvalue weighted by atomic mass is 16.5. The number of nitrogens with zero attached hydrogens (tertiary/aromatic N) is 3. The number of pyridine rings is 1. The number of aromatic nitrogens is 1. The largest absolute Gasteiger partial charge is 0.491 e. The Kier molecular flexibility index (Phi) is 9.16. The normalized spacial score (nSPS) is 13.8. The molecule has 1 aromatic carbocycles. The zero-order valence-corrected chi connectivity index (χ0v) is 19.8. The summed E-state index contributed by atoms with van der Waals surface area (Å²) in [6.07, 6.45) is 5.57. The van der Waals surface area contributed by atoms with Crippen molar-refractivity contribution in [1.82, 2.24) is 10.3 Å². The van der Waals surface area contributed by atoms with Crippen molar-refractivity contribution in [2.24, 2.45) is 10.9 Å². The van der Waals surface area contributed by atoms with Gasteiger partial charge in [0.2, 0.25) is 0 Å². The number of anilines is 2. The fourth-order valence-corrected chi connectivity index (χ4v) is 3.05. The molecule has 0 spiro atoms. The average molecular weight is 440 g/mol. The summed E-state index contributed by atoms with van der Waals surface area (Å²) in [5.74, 6) is 3.33. The zero-order chi connectivity index (χ0) is 22.8. The molecule has 174 valence electrons. The van der Waals surface area contributed by atoms with Gasteiger partial charge >= 0.3 is 0 Å². The lowest BCUT2D eigenvalue weighted by Crippen LogP contribution is -2.32. The van der Waals surface area contributed by atoms with E-state index in [0.29, 0.717) is 6.54 Å². The number of benzene rings is 1. The molecule has 1 aliphatic rings. The summed E-state index contributed by atoms with van der Waals surface area (Å²) in [5, 5.41) is 6.83. The number of rotatable bonds is 12. The molecule has 1 saturated carbocycles. The van der Waals surface area contributed by atoms with Gasteiger partial charge in [-0.1, -0.05) is 0 Å². The molecular formula is C25H37N5O2. The Hall–Kier alpha value is -2.80. The van der Waals surface area contributed by atoms with Gasteiger partial charge in [-0.15, -0.1) is 0 Å². The number of hydrogen-bond donors (Lipinski definition) is 2. The molecule has 0 atom stereocenters. The lowest BCUT2D eigenvalue weighted by molar-refractivity contribution is 0.123. The van der Waals surface area contributed by atoms with Gasteiger partial charge in [0.25, 0.3) is 0 Å². The van der Waals surface area contributed by atoms with Crippen molar-refractivity contribution in [3.8, 4) is 5.75 Å². The maximum atomic E-state index is 5.74. The van der Waals surface area contributed by atoms with E-state index < -0.39 is 0 Å². The lowest BCUT2D eigenvalue weighted by Gasteiger charge is -2.15. The van der Waals surface area contributed by atoms with Crippen LogP contribution in [0.15, 0.2) is 47.6 Å². The number of hydrogen-bond acceptors (Lipinski definition) is 5. The first-order chi connectivity index (χ1) is 15.5. The van der Waals surface area contributed by atoms with E-state index in [1.165, 1.54) is 12.8 Å². The molecule has 0 aliphatic heterocycles. The second-order valence-electron chi connectivity index (χ2n) is 8.70. The van der Waals surface area contributed by atoms with Crippen LogP contribution in [-0.4, -0.2) is 50.9 Å². The van der Waals surface area contributed by atoms with Gasteiger partial charge in [0.1, 0.15) is 11.6 Å². The van der Waals surface area contributed by atoms with Gasteiger partial charge in [0.05, 0.1) is 12.6 Å². The molecule has 2 aromatic rings. The first-order valence-corrected chi connectivity index (χ1v) is 11.5. The van der Waals surface area contributed by atoms with Crippen LogP contribution in [0.1, 0.15) is 38.7 Å². The van der Waals surface area contributed by atoms with Crippen LogP contribution in [0.2, 0.25) is 0 Å². The summed E-state index contributed by atoms with van der Waals surface area (Å²) in [4.78, 5) is 11.2. The molecule has 7 heteroatoms. The Labute approximate surface area is 192 Å². The summed E-state index contributed by atoms with van der Waals surface area (Å²) in [5.41, 5.74) is 2.07. The van der Waals surface area contributed by atoms with E-state index in [4.69, 9.17) is 14.5 Å². The van der Waals surface area contributed by atoms with Gasteiger partial charge in [-0.25, -0.2) is 9.98 Å². The van der Waals surface area contributed by atoms with E-state index in [0.717, 1.165) is 60.9 Å². The quantitative estimate of drug-likeness (QED) is 0.292. The topological polar surface area (TPSA) is 71.0 Å². The molecule has 0 amide bonds. The molecular weight excluding hydrogens is 402 g/mol. The molecule has 7 nitrogen and oxygen atoms in total. The monoisotopic (exact) mass is 439 g/mol. The van der Waals surface area contributed by atoms with E-state index in [2.05, 4.69) is 21.7 Å². The Balaban J connectivity index is 1.58. The molecule has 32 heavy (non-hydrogen) atoms. The van der Waals surface area contributed by atoms with Gasteiger partial charge in [-0.2, -0.15) is 0 Å². The Morgan fingerprint density at radius 2 is 1.97 bits per heavy atom. The third-order valence-corrected chi connectivity index (χ3v) is 4.99. The third-order valence-electron chi connectivity index (χ3n) is 4.99. The summed E-state index contributed by atoms with van der Waals surface area (Å²) in [6, 6.07) is 12.0. The lowest BCUT2D eigenvalue weighted by atomic mass is 10.2. The molecule has 2 N–H and O–H groups in total. The standard InChI is InChI=1S/C25H37N5O2/c1-19(2)32-23-10-8-22(9-11-23)29-25(27-13-5-15-31-18-20-6-7-20)28-17-21-12-14-26-24(16-21)30(3)4/h8-12,14,16,19-20H,5-7,13,15,17-18H2,1-4H3,(H2,27,28,29). The SMILES string of the molecule is CC(C)Oc1ccc(NC(=NCc2ccnc(N(C)C)c2)NCCCOCC2CC2)cc1. The minimum atomic E-state index is 0.155. The molecule has 1 aliphatic carbocycles. The highest BCUT2D eigenvalue weighted by Gasteiger charge is 2.20. The van der Waals surface area contributed by atoms with E-state index in [-0.39, 0.29) is 6.10 Å². The fourth-order valence-electron chi connectivity index (χ4n) is 3.05. The van der Waals surface area contributed by atoms with Gasteiger partial charge in [0, 0.05) is 45.7 Å². The van der Waals surface area contributed by atoms with E-state index >= 15 is 0 Å².